The number of aromatic hydroxyl groups is 2. The molecule has 0 radical (unpaired) electrons. The molecule has 1 amide bonds. The lowest BCUT2D eigenvalue weighted by atomic mass is 10.0. The Morgan fingerprint density at radius 1 is 0.681 bits per heavy atom. The molecule has 0 spiro atoms. The second kappa shape index (κ2) is 17.2. The summed E-state index contributed by atoms with van der Waals surface area (Å²) in [6.45, 7) is 4.95. The molecule has 250 valence electrons. The molecule has 10 nitrogen and oxygen atoms in total. The Hall–Kier alpha value is -4.77. The summed E-state index contributed by atoms with van der Waals surface area (Å²) >= 11 is 0. The molecular weight excluding hydrogens is 596 g/mol. The van der Waals surface area contributed by atoms with Gasteiger partial charge in [-0.1, -0.05) is 36.4 Å². The number of ether oxygens (including phenoxy) is 2. The van der Waals surface area contributed by atoms with Crippen molar-refractivity contribution in [2.45, 2.75) is 50.9 Å². The number of hydrogen-bond donors (Lipinski definition) is 7. The number of aliphatic hydroxyl groups is 1. The molecule has 7 N–H and O–H groups in total. The Labute approximate surface area is 276 Å². The van der Waals surface area contributed by atoms with Crippen molar-refractivity contribution in [1.29, 1.82) is 0 Å². The molecule has 1 unspecified atom stereocenters. The standard InChI is InChI=1S/C37H46N4O6/c1-24(17-26-5-11-30(46-3)12-6-26)38-21-34(28-9-15-35(43)32(19-28)40-23-42)41-33-20-29(10-16-36(33)44)37(45)22-39-25(2)18-27-7-13-31(47-4)14-8-27/h5-16,19-20,23-25,34,37-39,41,43-45H,17-18,21-22H2,1-4H3,(H,40,42)/t24-,25-,34?,37+/m1/s1. The summed E-state index contributed by atoms with van der Waals surface area (Å²) < 4.78 is 10.5. The number of phenolic OH excluding ortho intramolecular Hbond substituents is 2. The molecular formula is C37H46N4O6. The van der Waals surface area contributed by atoms with E-state index in [1.54, 1.807) is 44.6 Å². The number of nitrogens with one attached hydrogen (secondary N) is 4. The van der Waals surface area contributed by atoms with Gasteiger partial charge < -0.3 is 46.1 Å². The van der Waals surface area contributed by atoms with Gasteiger partial charge in [-0.15, -0.1) is 0 Å². The average Bonchev–Trinajstić information content (AvgIpc) is 3.08. The van der Waals surface area contributed by atoms with Crippen LogP contribution in [-0.2, 0) is 17.6 Å². The Morgan fingerprint density at radius 3 is 1.70 bits per heavy atom. The SMILES string of the molecule is COc1ccc(C[C@@H](C)NCC(Nc2cc([C@@H](O)CN[C@H](C)Cc3ccc(OC)cc3)ccc2O)c2ccc(O)c(NC=O)c2)cc1. The van der Waals surface area contributed by atoms with Crippen molar-refractivity contribution in [3.05, 3.63) is 107 Å². The predicted molar refractivity (Wildman–Crippen MR) is 186 cm³/mol. The van der Waals surface area contributed by atoms with E-state index in [-0.39, 0.29) is 35.3 Å². The highest BCUT2D eigenvalue weighted by molar-refractivity contribution is 5.75. The number of carbonyl (C=O) groups excluding carboxylic acids is 1. The van der Waals surface area contributed by atoms with Crippen LogP contribution in [0.25, 0.3) is 0 Å². The topological polar surface area (TPSA) is 144 Å². The zero-order chi connectivity index (χ0) is 33.8. The highest BCUT2D eigenvalue weighted by atomic mass is 16.5. The van der Waals surface area contributed by atoms with Gasteiger partial charge in [0, 0.05) is 25.2 Å². The first-order chi connectivity index (χ1) is 22.7. The molecule has 0 heterocycles. The molecule has 4 aromatic carbocycles. The van der Waals surface area contributed by atoms with E-state index in [4.69, 9.17) is 9.47 Å². The van der Waals surface area contributed by atoms with Crippen molar-refractivity contribution in [1.82, 2.24) is 10.6 Å². The van der Waals surface area contributed by atoms with Crippen LogP contribution in [0.4, 0.5) is 11.4 Å². The quantitative estimate of drug-likeness (QED) is 0.0567. The first kappa shape index (κ1) is 35.1. The van der Waals surface area contributed by atoms with Gasteiger partial charge in [-0.3, -0.25) is 4.79 Å². The van der Waals surface area contributed by atoms with Crippen molar-refractivity contribution < 1.29 is 29.6 Å². The number of aliphatic hydroxyl groups excluding tert-OH is 1. The number of carbonyl (C=O) groups is 1. The van der Waals surface area contributed by atoms with Gasteiger partial charge in [-0.2, -0.15) is 0 Å². The van der Waals surface area contributed by atoms with Crippen molar-refractivity contribution in [3.63, 3.8) is 0 Å². The van der Waals surface area contributed by atoms with Gasteiger partial charge in [-0.05, 0) is 97.5 Å². The minimum absolute atomic E-state index is 0.0306. The van der Waals surface area contributed by atoms with Gasteiger partial charge >= 0.3 is 0 Å². The predicted octanol–water partition coefficient (Wildman–Crippen LogP) is 5.31. The van der Waals surface area contributed by atoms with Gasteiger partial charge in [0.15, 0.2) is 0 Å². The molecule has 0 aliphatic carbocycles. The van der Waals surface area contributed by atoms with E-state index in [2.05, 4.69) is 35.1 Å². The molecule has 0 aliphatic rings. The summed E-state index contributed by atoms with van der Waals surface area (Å²) in [5.74, 6) is 1.59. The van der Waals surface area contributed by atoms with Gasteiger partial charge in [0.05, 0.1) is 37.7 Å². The first-order valence-electron chi connectivity index (χ1n) is 15.7. The second-order valence-corrected chi connectivity index (χ2v) is 11.8. The number of anilines is 2. The lowest BCUT2D eigenvalue weighted by Crippen LogP contribution is -2.34. The minimum Gasteiger partial charge on any atom is -0.506 e. The average molecular weight is 643 g/mol. The number of phenols is 2. The maximum absolute atomic E-state index is 11.2. The number of methoxy groups -OCH3 is 2. The highest BCUT2D eigenvalue weighted by Gasteiger charge is 2.19. The molecule has 0 aliphatic heterocycles. The summed E-state index contributed by atoms with van der Waals surface area (Å²) in [6.07, 6.45) is 1.27. The van der Waals surface area contributed by atoms with Crippen LogP contribution in [0.15, 0.2) is 84.9 Å². The zero-order valence-electron chi connectivity index (χ0n) is 27.4. The molecule has 0 aromatic heterocycles. The van der Waals surface area contributed by atoms with Crippen LogP contribution in [0.3, 0.4) is 0 Å². The lowest BCUT2D eigenvalue weighted by molar-refractivity contribution is -0.105. The fourth-order valence-electron chi connectivity index (χ4n) is 5.39. The number of amides is 1. The third-order valence-electron chi connectivity index (χ3n) is 8.10. The Bertz CT molecular complexity index is 1560. The van der Waals surface area contributed by atoms with E-state index in [9.17, 15) is 20.1 Å². The largest absolute Gasteiger partial charge is 0.506 e. The minimum atomic E-state index is -0.812. The number of rotatable bonds is 18. The van der Waals surface area contributed by atoms with Crippen molar-refractivity contribution >= 4 is 17.8 Å². The molecule has 4 rings (SSSR count). The monoisotopic (exact) mass is 642 g/mol. The number of benzene rings is 4. The third kappa shape index (κ3) is 10.4. The van der Waals surface area contributed by atoms with Crippen LogP contribution in [0.2, 0.25) is 0 Å². The zero-order valence-corrected chi connectivity index (χ0v) is 27.4. The molecule has 0 saturated carbocycles. The highest BCUT2D eigenvalue weighted by Crippen LogP contribution is 2.33. The Kier molecular flexibility index (Phi) is 12.9. The lowest BCUT2D eigenvalue weighted by Gasteiger charge is -2.25. The van der Waals surface area contributed by atoms with E-state index >= 15 is 0 Å². The smallest absolute Gasteiger partial charge is 0.211 e. The van der Waals surface area contributed by atoms with Gasteiger partial charge in [-0.25, -0.2) is 0 Å². The van der Waals surface area contributed by atoms with E-state index in [1.165, 1.54) is 6.07 Å². The summed E-state index contributed by atoms with van der Waals surface area (Å²) in [5.41, 5.74) is 4.46. The molecule has 47 heavy (non-hydrogen) atoms. The van der Waals surface area contributed by atoms with Crippen molar-refractivity contribution in [3.8, 4) is 23.0 Å². The van der Waals surface area contributed by atoms with Crippen LogP contribution in [0, 0.1) is 0 Å². The molecule has 0 bridgehead atoms. The molecule has 0 saturated heterocycles. The van der Waals surface area contributed by atoms with E-state index in [0.29, 0.717) is 30.8 Å². The summed E-state index contributed by atoms with van der Waals surface area (Å²) in [5, 5.41) is 45.1. The van der Waals surface area contributed by atoms with Crippen LogP contribution in [-0.4, -0.2) is 61.1 Å². The van der Waals surface area contributed by atoms with Crippen LogP contribution in [0.1, 0.15) is 48.2 Å². The van der Waals surface area contributed by atoms with Crippen LogP contribution in [0.5, 0.6) is 23.0 Å². The first-order valence-corrected chi connectivity index (χ1v) is 15.7. The Balaban J connectivity index is 1.46. The van der Waals surface area contributed by atoms with E-state index < -0.39 is 6.10 Å². The van der Waals surface area contributed by atoms with E-state index in [0.717, 1.165) is 41.0 Å². The fourth-order valence-corrected chi connectivity index (χ4v) is 5.39. The Morgan fingerprint density at radius 2 is 1.17 bits per heavy atom. The van der Waals surface area contributed by atoms with Gasteiger partial charge in [0.2, 0.25) is 6.41 Å². The molecule has 4 aromatic rings. The number of hydrogen-bond acceptors (Lipinski definition) is 9. The van der Waals surface area contributed by atoms with Crippen LogP contribution >= 0.6 is 0 Å². The van der Waals surface area contributed by atoms with Gasteiger partial charge in [0.25, 0.3) is 0 Å². The maximum Gasteiger partial charge on any atom is 0.211 e. The fraction of sp³-hybridized carbons (Fsp3) is 0.324. The third-order valence-corrected chi connectivity index (χ3v) is 8.10. The molecule has 10 heteroatoms. The maximum atomic E-state index is 11.2. The summed E-state index contributed by atoms with van der Waals surface area (Å²) in [4.78, 5) is 11.2. The van der Waals surface area contributed by atoms with Crippen LogP contribution < -0.4 is 30.7 Å². The van der Waals surface area contributed by atoms with Crippen molar-refractivity contribution in [2.24, 2.45) is 0 Å². The van der Waals surface area contributed by atoms with Crippen molar-refractivity contribution in [2.75, 3.05) is 37.9 Å². The van der Waals surface area contributed by atoms with Gasteiger partial charge in [0.1, 0.15) is 23.0 Å². The molecule has 4 atom stereocenters. The summed E-state index contributed by atoms with van der Waals surface area (Å²) in [6, 6.07) is 25.7. The second-order valence-electron chi connectivity index (χ2n) is 11.8. The van der Waals surface area contributed by atoms with E-state index in [1.807, 2.05) is 48.5 Å². The normalized spacial score (nSPS) is 13.6. The summed E-state index contributed by atoms with van der Waals surface area (Å²) in [7, 11) is 3.28. The molecule has 0 fully saturated rings.